The molecule has 118 valence electrons. The molecule has 2 rings (SSSR count). The molecular weight excluding hydrogens is 301 g/mol. The van der Waals surface area contributed by atoms with Crippen molar-refractivity contribution >= 4 is 31.8 Å². The number of pyridine rings is 1. The number of carboxylic acids is 1. The SMILES string of the molecule is CC1(C)OB(C(=Cc2ccnc(C(=O)O)c2)CS)OC1(C)C. The third-order valence-corrected chi connectivity index (χ3v) is 4.46. The molecule has 0 aromatic carbocycles. The molecule has 2 heterocycles. The largest absolute Gasteiger partial charge is 0.491 e. The third-order valence-electron chi connectivity index (χ3n) is 4.09. The minimum absolute atomic E-state index is 0.00110. The molecule has 22 heavy (non-hydrogen) atoms. The number of aromatic carboxylic acids is 1. The molecule has 0 saturated carbocycles. The van der Waals surface area contributed by atoms with Crippen molar-refractivity contribution in [2.24, 2.45) is 0 Å². The molecule has 1 aromatic heterocycles. The maximum atomic E-state index is 11.0. The maximum Gasteiger partial charge on any atom is 0.491 e. The normalized spacial score (nSPS) is 20.2. The van der Waals surface area contributed by atoms with E-state index in [4.69, 9.17) is 14.4 Å². The van der Waals surface area contributed by atoms with Crippen LogP contribution in [0, 0.1) is 0 Å². The predicted molar refractivity (Wildman–Crippen MR) is 89.1 cm³/mol. The van der Waals surface area contributed by atoms with Crippen LogP contribution in [0.2, 0.25) is 0 Å². The Labute approximate surface area is 136 Å². The first-order valence-electron chi connectivity index (χ1n) is 7.02. The molecule has 0 atom stereocenters. The van der Waals surface area contributed by atoms with Crippen molar-refractivity contribution in [3.8, 4) is 0 Å². The van der Waals surface area contributed by atoms with Gasteiger partial charge in [0, 0.05) is 11.9 Å². The molecule has 0 spiro atoms. The Hall–Kier alpha value is -1.31. The highest BCUT2D eigenvalue weighted by atomic mass is 32.1. The van der Waals surface area contributed by atoms with Crippen LogP contribution in [0.1, 0.15) is 43.7 Å². The van der Waals surface area contributed by atoms with E-state index < -0.39 is 24.3 Å². The van der Waals surface area contributed by atoms with E-state index in [0.29, 0.717) is 5.75 Å². The molecule has 0 aliphatic carbocycles. The highest BCUT2D eigenvalue weighted by Gasteiger charge is 2.52. The van der Waals surface area contributed by atoms with Crippen LogP contribution in [0.5, 0.6) is 0 Å². The van der Waals surface area contributed by atoms with Crippen molar-refractivity contribution in [3.63, 3.8) is 0 Å². The molecule has 1 fully saturated rings. The molecule has 0 amide bonds. The summed E-state index contributed by atoms with van der Waals surface area (Å²) in [5.41, 5.74) is 0.714. The van der Waals surface area contributed by atoms with Crippen molar-refractivity contribution in [2.75, 3.05) is 5.75 Å². The van der Waals surface area contributed by atoms with Gasteiger partial charge in [0.1, 0.15) is 5.69 Å². The second kappa shape index (κ2) is 6.06. The highest BCUT2D eigenvalue weighted by molar-refractivity contribution is 7.80. The molecule has 0 radical (unpaired) electrons. The standard InChI is InChI=1S/C15H20BNO4S/c1-14(2)15(3,4)21-16(20-14)11(9-22)7-10-5-6-17-12(8-10)13(18)19/h5-8,22H,9H2,1-4H3,(H,18,19). The number of thiol groups is 1. The van der Waals surface area contributed by atoms with Crippen LogP contribution in [0.25, 0.3) is 6.08 Å². The number of rotatable bonds is 4. The van der Waals surface area contributed by atoms with Gasteiger partial charge in [-0.25, -0.2) is 9.78 Å². The third kappa shape index (κ3) is 3.37. The molecule has 1 aliphatic rings. The van der Waals surface area contributed by atoms with Gasteiger partial charge in [-0.2, -0.15) is 12.6 Å². The summed E-state index contributed by atoms with van der Waals surface area (Å²) < 4.78 is 12.0. The summed E-state index contributed by atoms with van der Waals surface area (Å²) in [5, 5.41) is 9.00. The Morgan fingerprint density at radius 3 is 2.45 bits per heavy atom. The van der Waals surface area contributed by atoms with E-state index in [0.717, 1.165) is 11.0 Å². The van der Waals surface area contributed by atoms with Gasteiger partial charge in [0.15, 0.2) is 0 Å². The second-order valence-corrected chi connectivity index (χ2v) is 6.56. The van der Waals surface area contributed by atoms with Gasteiger partial charge in [-0.1, -0.05) is 6.08 Å². The fourth-order valence-electron chi connectivity index (χ4n) is 2.05. The van der Waals surface area contributed by atoms with Crippen LogP contribution < -0.4 is 0 Å². The Morgan fingerprint density at radius 1 is 1.36 bits per heavy atom. The molecule has 1 N–H and O–H groups in total. The summed E-state index contributed by atoms with van der Waals surface area (Å²) in [6, 6.07) is 3.25. The Kier molecular flexibility index (Phi) is 4.70. The van der Waals surface area contributed by atoms with E-state index in [-0.39, 0.29) is 5.69 Å². The lowest BCUT2D eigenvalue weighted by molar-refractivity contribution is 0.00578. The molecule has 1 aromatic rings. The van der Waals surface area contributed by atoms with E-state index in [2.05, 4.69) is 17.6 Å². The van der Waals surface area contributed by atoms with Crippen molar-refractivity contribution in [3.05, 3.63) is 35.1 Å². The number of nitrogens with zero attached hydrogens (tertiary/aromatic N) is 1. The number of aromatic nitrogens is 1. The molecule has 1 aliphatic heterocycles. The van der Waals surface area contributed by atoms with Gasteiger partial charge in [-0.05, 0) is 50.9 Å². The van der Waals surface area contributed by atoms with Gasteiger partial charge in [0.25, 0.3) is 0 Å². The molecular formula is C15H20BNO4S. The monoisotopic (exact) mass is 321 g/mol. The van der Waals surface area contributed by atoms with Crippen molar-refractivity contribution in [1.82, 2.24) is 4.98 Å². The first kappa shape index (κ1) is 17.1. The average molecular weight is 321 g/mol. The van der Waals surface area contributed by atoms with Crippen LogP contribution in [-0.4, -0.2) is 40.1 Å². The molecule has 1 saturated heterocycles. The van der Waals surface area contributed by atoms with E-state index in [1.54, 1.807) is 6.07 Å². The fourth-order valence-corrected chi connectivity index (χ4v) is 2.29. The Morgan fingerprint density at radius 2 is 1.95 bits per heavy atom. The maximum absolute atomic E-state index is 11.0. The Balaban J connectivity index is 2.29. The van der Waals surface area contributed by atoms with Crippen molar-refractivity contribution in [1.29, 1.82) is 0 Å². The van der Waals surface area contributed by atoms with E-state index in [1.165, 1.54) is 12.3 Å². The fraction of sp³-hybridized carbons (Fsp3) is 0.467. The van der Waals surface area contributed by atoms with Gasteiger partial charge in [-0.3, -0.25) is 0 Å². The smallest absolute Gasteiger partial charge is 0.477 e. The second-order valence-electron chi connectivity index (χ2n) is 6.25. The average Bonchev–Trinajstić information content (AvgIpc) is 2.65. The summed E-state index contributed by atoms with van der Waals surface area (Å²) in [6.45, 7) is 7.94. The van der Waals surface area contributed by atoms with Crippen LogP contribution >= 0.6 is 12.6 Å². The van der Waals surface area contributed by atoms with Gasteiger partial charge in [0.05, 0.1) is 11.2 Å². The minimum atomic E-state index is -1.06. The first-order chi connectivity index (χ1) is 10.2. The summed E-state index contributed by atoms with van der Waals surface area (Å²) in [4.78, 5) is 14.8. The Bertz CT molecular complexity index is 599. The zero-order valence-corrected chi connectivity index (χ0v) is 14.1. The number of carbonyl (C=O) groups is 1. The van der Waals surface area contributed by atoms with Gasteiger partial charge >= 0.3 is 13.1 Å². The van der Waals surface area contributed by atoms with Gasteiger partial charge in [0.2, 0.25) is 0 Å². The van der Waals surface area contributed by atoms with Gasteiger partial charge in [-0.15, -0.1) is 0 Å². The minimum Gasteiger partial charge on any atom is -0.477 e. The quantitative estimate of drug-likeness (QED) is 0.659. The molecule has 7 heteroatoms. The van der Waals surface area contributed by atoms with Crippen LogP contribution in [0.3, 0.4) is 0 Å². The zero-order valence-electron chi connectivity index (χ0n) is 13.2. The first-order valence-corrected chi connectivity index (χ1v) is 7.66. The number of hydrogen-bond donors (Lipinski definition) is 2. The summed E-state index contributed by atoms with van der Waals surface area (Å²) in [7, 11) is -0.496. The molecule has 5 nitrogen and oxygen atoms in total. The topological polar surface area (TPSA) is 68.7 Å². The van der Waals surface area contributed by atoms with Crippen LogP contribution in [0.4, 0.5) is 0 Å². The van der Waals surface area contributed by atoms with E-state index in [1.807, 2.05) is 33.8 Å². The van der Waals surface area contributed by atoms with Gasteiger partial charge < -0.3 is 14.4 Å². The molecule has 0 bridgehead atoms. The summed E-state index contributed by atoms with van der Waals surface area (Å²) in [5.74, 6) is -0.611. The summed E-state index contributed by atoms with van der Waals surface area (Å²) >= 11 is 4.34. The lowest BCUT2D eigenvalue weighted by atomic mass is 9.78. The predicted octanol–water partition coefficient (Wildman–Crippen LogP) is 2.72. The summed E-state index contributed by atoms with van der Waals surface area (Å²) in [6.07, 6.45) is 3.30. The number of carboxylic acid groups (broad SMARTS) is 1. The lowest BCUT2D eigenvalue weighted by Gasteiger charge is -2.32. The zero-order chi connectivity index (χ0) is 16.5. The van der Waals surface area contributed by atoms with Crippen molar-refractivity contribution in [2.45, 2.75) is 38.9 Å². The van der Waals surface area contributed by atoms with E-state index in [9.17, 15) is 4.79 Å². The number of hydrogen-bond acceptors (Lipinski definition) is 5. The van der Waals surface area contributed by atoms with Crippen LogP contribution in [0.15, 0.2) is 23.8 Å². The lowest BCUT2D eigenvalue weighted by Crippen LogP contribution is -2.41. The molecule has 0 unspecified atom stereocenters. The highest BCUT2D eigenvalue weighted by Crippen LogP contribution is 2.38. The van der Waals surface area contributed by atoms with Crippen molar-refractivity contribution < 1.29 is 19.2 Å². The van der Waals surface area contributed by atoms with Crippen LogP contribution in [-0.2, 0) is 9.31 Å². The van der Waals surface area contributed by atoms with E-state index >= 15 is 0 Å².